The van der Waals surface area contributed by atoms with E-state index in [9.17, 15) is 9.90 Å². The van der Waals surface area contributed by atoms with Crippen LogP contribution < -0.4 is 9.84 Å². The molecule has 0 amide bonds. The second kappa shape index (κ2) is 6.76. The number of aliphatic carboxylic acids is 1. The topological polar surface area (TPSA) is 75.4 Å². The number of benzene rings is 2. The molecule has 0 spiro atoms. The number of aromatic nitrogens is 1. The predicted molar refractivity (Wildman–Crippen MR) is 87.6 cm³/mol. The molecule has 0 aliphatic heterocycles. The standard InChI is InChI=1S/C18H14ClNO4/c1-23-14-8-4-12(5-9-14)18-20-15(10-16(21)22)17(24-18)11-2-6-13(19)7-3-11/h2-9H,10H2,1H3,(H,21,22)/p-1. The molecule has 0 aliphatic rings. The molecule has 0 bridgehead atoms. The van der Waals surface area contributed by atoms with Gasteiger partial charge < -0.3 is 19.1 Å². The zero-order valence-electron chi connectivity index (χ0n) is 12.8. The summed E-state index contributed by atoms with van der Waals surface area (Å²) in [5.41, 5.74) is 1.72. The molecular weight excluding hydrogens is 330 g/mol. The summed E-state index contributed by atoms with van der Waals surface area (Å²) in [7, 11) is 1.58. The van der Waals surface area contributed by atoms with Crippen LogP contribution in [0.2, 0.25) is 5.02 Å². The lowest BCUT2D eigenvalue weighted by atomic mass is 10.1. The molecular formula is C18H13ClNO4-. The SMILES string of the molecule is COc1ccc(-c2nc(CC(=O)[O-])c(-c3ccc(Cl)cc3)o2)cc1. The summed E-state index contributed by atoms with van der Waals surface area (Å²) < 4.78 is 10.9. The third-order valence-corrected chi connectivity index (χ3v) is 3.70. The third-order valence-electron chi connectivity index (χ3n) is 3.45. The molecule has 5 nitrogen and oxygen atoms in total. The number of carboxylic acid groups (broad SMARTS) is 1. The smallest absolute Gasteiger partial charge is 0.227 e. The van der Waals surface area contributed by atoms with Crippen molar-refractivity contribution in [2.45, 2.75) is 6.42 Å². The highest BCUT2D eigenvalue weighted by Crippen LogP contribution is 2.31. The first-order valence-electron chi connectivity index (χ1n) is 7.16. The molecule has 0 aliphatic carbocycles. The minimum atomic E-state index is -1.22. The molecule has 0 radical (unpaired) electrons. The van der Waals surface area contributed by atoms with Gasteiger partial charge in [0.05, 0.1) is 12.8 Å². The lowest BCUT2D eigenvalue weighted by molar-refractivity contribution is -0.304. The van der Waals surface area contributed by atoms with Gasteiger partial charge in [0.15, 0.2) is 5.76 Å². The number of hydrogen-bond acceptors (Lipinski definition) is 5. The van der Waals surface area contributed by atoms with Crippen molar-refractivity contribution in [2.75, 3.05) is 7.11 Å². The molecule has 0 saturated carbocycles. The molecule has 3 aromatic rings. The first-order chi connectivity index (χ1) is 11.6. The summed E-state index contributed by atoms with van der Waals surface area (Å²) in [6, 6.07) is 14.0. The van der Waals surface area contributed by atoms with E-state index in [0.29, 0.717) is 33.7 Å². The van der Waals surface area contributed by atoms with Gasteiger partial charge in [-0.05, 0) is 48.5 Å². The molecule has 0 N–H and O–H groups in total. The Balaban J connectivity index is 2.04. The summed E-state index contributed by atoms with van der Waals surface area (Å²) in [6.07, 6.45) is -0.336. The number of carboxylic acids is 1. The Morgan fingerprint density at radius 2 is 1.75 bits per heavy atom. The van der Waals surface area contributed by atoms with Crippen molar-refractivity contribution in [3.63, 3.8) is 0 Å². The van der Waals surface area contributed by atoms with Gasteiger partial charge in [-0.15, -0.1) is 0 Å². The highest BCUT2D eigenvalue weighted by Gasteiger charge is 2.16. The van der Waals surface area contributed by atoms with Crippen molar-refractivity contribution in [2.24, 2.45) is 0 Å². The van der Waals surface area contributed by atoms with Gasteiger partial charge in [0.25, 0.3) is 0 Å². The number of methoxy groups -OCH3 is 1. The summed E-state index contributed by atoms with van der Waals surface area (Å²) >= 11 is 5.89. The molecule has 0 saturated heterocycles. The van der Waals surface area contributed by atoms with Crippen molar-refractivity contribution >= 4 is 17.6 Å². The van der Waals surface area contributed by atoms with E-state index in [1.54, 1.807) is 55.6 Å². The van der Waals surface area contributed by atoms with E-state index in [-0.39, 0.29) is 6.42 Å². The first kappa shape index (κ1) is 16.1. The van der Waals surface area contributed by atoms with Crippen molar-refractivity contribution in [3.05, 3.63) is 59.2 Å². The molecule has 0 fully saturated rings. The van der Waals surface area contributed by atoms with E-state index >= 15 is 0 Å². The van der Waals surface area contributed by atoms with Crippen LogP contribution in [-0.4, -0.2) is 18.1 Å². The maximum Gasteiger partial charge on any atom is 0.227 e. The van der Waals surface area contributed by atoms with Crippen molar-refractivity contribution < 1.29 is 19.1 Å². The number of carbonyl (C=O) groups excluding carboxylic acids is 1. The quantitative estimate of drug-likeness (QED) is 0.712. The Hall–Kier alpha value is -2.79. The molecule has 3 rings (SSSR count). The largest absolute Gasteiger partial charge is 0.550 e. The molecule has 0 atom stereocenters. The monoisotopic (exact) mass is 342 g/mol. The average Bonchev–Trinajstić information content (AvgIpc) is 2.98. The van der Waals surface area contributed by atoms with Crippen molar-refractivity contribution in [3.8, 4) is 28.5 Å². The third kappa shape index (κ3) is 3.41. The highest BCUT2D eigenvalue weighted by molar-refractivity contribution is 6.30. The van der Waals surface area contributed by atoms with Gasteiger partial charge in [0.1, 0.15) is 5.75 Å². The maximum atomic E-state index is 11.0. The fourth-order valence-electron chi connectivity index (χ4n) is 2.29. The lowest BCUT2D eigenvalue weighted by Crippen LogP contribution is -2.24. The van der Waals surface area contributed by atoms with Gasteiger partial charge in [-0.1, -0.05) is 11.6 Å². The molecule has 6 heteroatoms. The van der Waals surface area contributed by atoms with Gasteiger partial charge in [-0.2, -0.15) is 0 Å². The van der Waals surface area contributed by atoms with Crippen LogP contribution in [0.15, 0.2) is 52.9 Å². The van der Waals surface area contributed by atoms with Gasteiger partial charge >= 0.3 is 0 Å². The second-order valence-corrected chi connectivity index (χ2v) is 5.52. The Labute approximate surface area is 143 Å². The number of halogens is 1. The summed E-state index contributed by atoms with van der Waals surface area (Å²) in [5.74, 6) is 0.207. The van der Waals surface area contributed by atoms with Crippen LogP contribution in [0, 0.1) is 0 Å². The number of rotatable bonds is 5. The zero-order valence-corrected chi connectivity index (χ0v) is 13.5. The molecule has 1 aromatic heterocycles. The van der Waals surface area contributed by atoms with Crippen LogP contribution in [0.25, 0.3) is 22.8 Å². The van der Waals surface area contributed by atoms with Crippen LogP contribution in [-0.2, 0) is 11.2 Å². The minimum Gasteiger partial charge on any atom is -0.550 e. The van der Waals surface area contributed by atoms with E-state index in [2.05, 4.69) is 4.98 Å². The maximum absolute atomic E-state index is 11.0. The normalized spacial score (nSPS) is 10.6. The zero-order chi connectivity index (χ0) is 17.1. The van der Waals surface area contributed by atoms with E-state index < -0.39 is 5.97 Å². The van der Waals surface area contributed by atoms with E-state index in [1.165, 1.54) is 0 Å². The Kier molecular flexibility index (Phi) is 4.53. The second-order valence-electron chi connectivity index (χ2n) is 5.08. The highest BCUT2D eigenvalue weighted by atomic mass is 35.5. The molecule has 1 heterocycles. The van der Waals surface area contributed by atoms with Crippen LogP contribution in [0.5, 0.6) is 5.75 Å². The van der Waals surface area contributed by atoms with Crippen LogP contribution in [0.1, 0.15) is 5.69 Å². The fourth-order valence-corrected chi connectivity index (χ4v) is 2.42. The Morgan fingerprint density at radius 1 is 1.12 bits per heavy atom. The summed E-state index contributed by atoms with van der Waals surface area (Å²) in [6.45, 7) is 0. The van der Waals surface area contributed by atoms with Crippen molar-refractivity contribution in [1.29, 1.82) is 0 Å². The van der Waals surface area contributed by atoms with Crippen LogP contribution in [0.3, 0.4) is 0 Å². The van der Waals surface area contributed by atoms with E-state index in [0.717, 1.165) is 5.56 Å². The summed E-state index contributed by atoms with van der Waals surface area (Å²) in [4.78, 5) is 15.3. The first-order valence-corrected chi connectivity index (χ1v) is 7.54. The molecule has 122 valence electrons. The van der Waals surface area contributed by atoms with Gasteiger partial charge in [-0.3, -0.25) is 0 Å². The molecule has 0 unspecified atom stereocenters. The summed E-state index contributed by atoms with van der Waals surface area (Å²) in [5, 5.41) is 11.6. The number of ether oxygens (including phenoxy) is 1. The molecule has 24 heavy (non-hydrogen) atoms. The number of nitrogens with zero attached hydrogens (tertiary/aromatic N) is 1. The van der Waals surface area contributed by atoms with Crippen LogP contribution in [0.4, 0.5) is 0 Å². The van der Waals surface area contributed by atoms with E-state index in [1.807, 2.05) is 0 Å². The number of oxazole rings is 1. The minimum absolute atomic E-state index is 0.308. The van der Waals surface area contributed by atoms with Gasteiger partial charge in [0, 0.05) is 28.5 Å². The average molecular weight is 343 g/mol. The lowest BCUT2D eigenvalue weighted by Gasteiger charge is -2.02. The van der Waals surface area contributed by atoms with Gasteiger partial charge in [-0.25, -0.2) is 4.98 Å². The van der Waals surface area contributed by atoms with E-state index in [4.69, 9.17) is 20.8 Å². The predicted octanol–water partition coefficient (Wildman–Crippen LogP) is 2.96. The van der Waals surface area contributed by atoms with Crippen LogP contribution >= 0.6 is 11.6 Å². The Bertz CT molecular complexity index is 854. The van der Waals surface area contributed by atoms with Gasteiger partial charge in [0.2, 0.25) is 5.89 Å². The number of hydrogen-bond donors (Lipinski definition) is 0. The Morgan fingerprint density at radius 3 is 2.33 bits per heavy atom. The van der Waals surface area contributed by atoms with Crippen molar-refractivity contribution in [1.82, 2.24) is 4.98 Å². The number of carbonyl (C=O) groups is 1. The molecule has 2 aromatic carbocycles. The fraction of sp³-hybridized carbons (Fsp3) is 0.111.